The standard InChI is InChI=1S/C10H10ClN7O2S/c11-9-12-5-7(18(19)20)8(13-9)21-10-14-15-16-17(10)6-3-1-2-4-6/h5-6H,1-4H2. The second-order valence-electron chi connectivity index (χ2n) is 4.53. The normalized spacial score (nSPS) is 15.5. The van der Waals surface area contributed by atoms with Crippen molar-refractivity contribution in [2.24, 2.45) is 0 Å². The van der Waals surface area contributed by atoms with Crippen molar-refractivity contribution in [1.82, 2.24) is 30.2 Å². The minimum absolute atomic E-state index is 0.0528. The third kappa shape index (κ3) is 2.95. The molecule has 21 heavy (non-hydrogen) atoms. The van der Waals surface area contributed by atoms with E-state index in [1.165, 1.54) is 0 Å². The van der Waals surface area contributed by atoms with Crippen LogP contribution in [0.3, 0.4) is 0 Å². The first-order valence-corrected chi connectivity index (χ1v) is 7.47. The van der Waals surface area contributed by atoms with Gasteiger partial charge in [-0.3, -0.25) is 10.1 Å². The van der Waals surface area contributed by atoms with Crippen molar-refractivity contribution in [2.45, 2.75) is 41.9 Å². The maximum atomic E-state index is 11.0. The molecule has 0 unspecified atom stereocenters. The third-order valence-corrected chi connectivity index (χ3v) is 4.35. The Morgan fingerprint density at radius 2 is 2.19 bits per heavy atom. The van der Waals surface area contributed by atoms with Crippen LogP contribution in [-0.4, -0.2) is 35.1 Å². The number of aromatic nitrogens is 6. The van der Waals surface area contributed by atoms with Gasteiger partial charge in [-0.25, -0.2) is 14.6 Å². The van der Waals surface area contributed by atoms with Crippen LogP contribution >= 0.6 is 23.4 Å². The van der Waals surface area contributed by atoms with E-state index in [0.29, 0.717) is 5.16 Å². The molecule has 1 saturated carbocycles. The first-order chi connectivity index (χ1) is 10.1. The maximum absolute atomic E-state index is 11.0. The molecule has 0 aliphatic heterocycles. The van der Waals surface area contributed by atoms with Gasteiger partial charge < -0.3 is 0 Å². The molecule has 3 rings (SSSR count). The number of hydrogen-bond acceptors (Lipinski definition) is 8. The van der Waals surface area contributed by atoms with Crippen LogP contribution < -0.4 is 0 Å². The van der Waals surface area contributed by atoms with Gasteiger partial charge in [-0.15, -0.1) is 5.10 Å². The van der Waals surface area contributed by atoms with Crippen molar-refractivity contribution < 1.29 is 4.92 Å². The molecule has 0 amide bonds. The van der Waals surface area contributed by atoms with Gasteiger partial charge in [-0.05, 0) is 46.6 Å². The van der Waals surface area contributed by atoms with Crippen molar-refractivity contribution in [3.05, 3.63) is 21.6 Å². The minimum atomic E-state index is -0.553. The summed E-state index contributed by atoms with van der Waals surface area (Å²) in [6.45, 7) is 0. The predicted octanol–water partition coefficient (Wildman–Crippen LogP) is 2.29. The highest BCUT2D eigenvalue weighted by atomic mass is 35.5. The quantitative estimate of drug-likeness (QED) is 0.364. The molecular weight excluding hydrogens is 318 g/mol. The number of rotatable bonds is 4. The smallest absolute Gasteiger partial charge is 0.258 e. The molecule has 1 aliphatic rings. The highest BCUT2D eigenvalue weighted by molar-refractivity contribution is 7.99. The lowest BCUT2D eigenvalue weighted by molar-refractivity contribution is -0.388. The number of nitro groups is 1. The predicted molar refractivity (Wildman–Crippen MR) is 73.1 cm³/mol. The summed E-state index contributed by atoms with van der Waals surface area (Å²) in [6.07, 6.45) is 5.36. The Kier molecular flexibility index (Phi) is 3.97. The number of halogens is 1. The zero-order chi connectivity index (χ0) is 14.8. The Balaban J connectivity index is 1.92. The lowest BCUT2D eigenvalue weighted by Crippen LogP contribution is -2.08. The molecule has 9 nitrogen and oxygen atoms in total. The molecule has 0 saturated heterocycles. The third-order valence-electron chi connectivity index (χ3n) is 3.22. The Bertz CT molecular complexity index is 673. The second kappa shape index (κ2) is 5.90. The Labute approximate surface area is 128 Å². The average Bonchev–Trinajstić information content (AvgIpc) is 3.08. The van der Waals surface area contributed by atoms with E-state index in [2.05, 4.69) is 25.5 Å². The summed E-state index contributed by atoms with van der Waals surface area (Å²) >= 11 is 6.74. The van der Waals surface area contributed by atoms with Gasteiger partial charge in [0.1, 0.15) is 6.20 Å². The summed E-state index contributed by atoms with van der Waals surface area (Å²) in [5, 5.41) is 23.1. The zero-order valence-electron chi connectivity index (χ0n) is 10.7. The van der Waals surface area contributed by atoms with Gasteiger partial charge >= 0.3 is 5.69 Å². The summed E-state index contributed by atoms with van der Waals surface area (Å²) in [5.41, 5.74) is -0.217. The first-order valence-electron chi connectivity index (χ1n) is 6.28. The number of tetrazole rings is 1. The van der Waals surface area contributed by atoms with Gasteiger partial charge in [-0.1, -0.05) is 12.8 Å². The Morgan fingerprint density at radius 1 is 1.43 bits per heavy atom. The molecule has 0 aromatic carbocycles. The summed E-state index contributed by atoms with van der Waals surface area (Å²) < 4.78 is 1.71. The molecule has 1 aliphatic carbocycles. The fourth-order valence-electron chi connectivity index (χ4n) is 2.26. The van der Waals surface area contributed by atoms with Gasteiger partial charge in [0.2, 0.25) is 10.4 Å². The van der Waals surface area contributed by atoms with Crippen LogP contribution in [0.15, 0.2) is 16.4 Å². The van der Waals surface area contributed by atoms with Crippen molar-refractivity contribution in [3.63, 3.8) is 0 Å². The summed E-state index contributed by atoms with van der Waals surface area (Å²) in [4.78, 5) is 18.0. The molecule has 0 bridgehead atoms. The maximum Gasteiger partial charge on any atom is 0.320 e. The molecule has 11 heteroatoms. The molecule has 0 atom stereocenters. The molecule has 0 N–H and O–H groups in total. The SMILES string of the molecule is O=[N+]([O-])c1cnc(Cl)nc1Sc1nnnn1C1CCCC1. The van der Waals surface area contributed by atoms with Crippen molar-refractivity contribution >= 4 is 29.1 Å². The molecule has 0 radical (unpaired) electrons. The van der Waals surface area contributed by atoms with Crippen molar-refractivity contribution in [3.8, 4) is 0 Å². The van der Waals surface area contributed by atoms with E-state index in [0.717, 1.165) is 43.6 Å². The Morgan fingerprint density at radius 3 is 2.90 bits per heavy atom. The number of nitrogens with zero attached hydrogens (tertiary/aromatic N) is 7. The van der Waals surface area contributed by atoms with E-state index in [4.69, 9.17) is 11.6 Å². The topological polar surface area (TPSA) is 113 Å². The van der Waals surface area contributed by atoms with E-state index >= 15 is 0 Å². The molecule has 110 valence electrons. The number of hydrogen-bond donors (Lipinski definition) is 0. The van der Waals surface area contributed by atoms with Crippen LogP contribution in [0.2, 0.25) is 5.28 Å². The second-order valence-corrected chi connectivity index (χ2v) is 5.83. The minimum Gasteiger partial charge on any atom is -0.258 e. The fraction of sp³-hybridized carbons (Fsp3) is 0.500. The lowest BCUT2D eigenvalue weighted by atomic mass is 10.3. The van der Waals surface area contributed by atoms with Crippen molar-refractivity contribution in [1.29, 1.82) is 0 Å². The summed E-state index contributed by atoms with van der Waals surface area (Å²) in [7, 11) is 0. The van der Waals surface area contributed by atoms with Gasteiger partial charge in [0.15, 0.2) is 5.03 Å². The van der Waals surface area contributed by atoms with Crippen LogP contribution in [-0.2, 0) is 0 Å². The van der Waals surface area contributed by atoms with E-state index in [1.807, 2.05) is 0 Å². The van der Waals surface area contributed by atoms with Crippen LogP contribution in [0, 0.1) is 10.1 Å². The lowest BCUT2D eigenvalue weighted by Gasteiger charge is -2.10. The van der Waals surface area contributed by atoms with E-state index in [9.17, 15) is 10.1 Å². The molecule has 0 spiro atoms. The highest BCUT2D eigenvalue weighted by Gasteiger charge is 2.25. The van der Waals surface area contributed by atoms with Gasteiger partial charge in [0.05, 0.1) is 11.0 Å². The first kappa shape index (κ1) is 14.1. The summed E-state index contributed by atoms with van der Waals surface area (Å²) in [5.74, 6) is 0. The monoisotopic (exact) mass is 327 g/mol. The van der Waals surface area contributed by atoms with Crippen LogP contribution in [0.1, 0.15) is 31.7 Å². The zero-order valence-corrected chi connectivity index (χ0v) is 12.3. The molecule has 2 aromatic heterocycles. The van der Waals surface area contributed by atoms with Gasteiger partial charge in [-0.2, -0.15) is 0 Å². The van der Waals surface area contributed by atoms with Crippen LogP contribution in [0.25, 0.3) is 0 Å². The van der Waals surface area contributed by atoms with Crippen molar-refractivity contribution in [2.75, 3.05) is 0 Å². The van der Waals surface area contributed by atoms with E-state index < -0.39 is 4.92 Å². The van der Waals surface area contributed by atoms with Crippen LogP contribution in [0.4, 0.5) is 5.69 Å². The fourth-order valence-corrected chi connectivity index (χ4v) is 3.33. The van der Waals surface area contributed by atoms with E-state index in [1.54, 1.807) is 4.68 Å². The summed E-state index contributed by atoms with van der Waals surface area (Å²) in [6, 6.07) is 0.235. The Hall–Kier alpha value is -1.81. The molecule has 1 fully saturated rings. The van der Waals surface area contributed by atoms with Gasteiger partial charge in [0.25, 0.3) is 0 Å². The molecule has 2 aromatic rings. The molecule has 2 heterocycles. The van der Waals surface area contributed by atoms with Gasteiger partial charge in [0, 0.05) is 0 Å². The largest absolute Gasteiger partial charge is 0.320 e. The highest BCUT2D eigenvalue weighted by Crippen LogP contribution is 2.36. The average molecular weight is 328 g/mol. The van der Waals surface area contributed by atoms with Crippen LogP contribution in [0.5, 0.6) is 0 Å². The van der Waals surface area contributed by atoms with E-state index in [-0.39, 0.29) is 22.0 Å². The molecular formula is C10H10ClN7O2S.